The zero-order chi connectivity index (χ0) is 15.0. The van der Waals surface area contributed by atoms with Gasteiger partial charge in [-0.05, 0) is 19.1 Å². The first-order valence-corrected chi connectivity index (χ1v) is 6.60. The standard InChI is InChI=1S/C14H16N4O3/c1-9-11-14(17(2)16-9)21-8-7-18(11)13(19)10-5-4-6-15-12(10)20-3/h4-6H,7-8H2,1-3H3. The number of ether oxygens (including phenoxy) is 2. The number of aryl methyl sites for hydroxylation is 2. The SMILES string of the molecule is COc1ncccc1C(=O)N1CCOc2c1c(C)nn2C. The first-order valence-electron chi connectivity index (χ1n) is 6.60. The van der Waals surface area contributed by atoms with Crippen LogP contribution in [0.5, 0.6) is 11.8 Å². The Morgan fingerprint density at radius 2 is 2.29 bits per heavy atom. The predicted octanol–water partition coefficient (Wildman–Crippen LogP) is 1.17. The minimum absolute atomic E-state index is 0.166. The van der Waals surface area contributed by atoms with Crippen molar-refractivity contribution in [1.82, 2.24) is 14.8 Å². The highest BCUT2D eigenvalue weighted by molar-refractivity contribution is 6.08. The van der Waals surface area contributed by atoms with E-state index in [9.17, 15) is 4.79 Å². The number of amides is 1. The molecular formula is C14H16N4O3. The number of carbonyl (C=O) groups excluding carboxylic acids is 1. The van der Waals surface area contributed by atoms with Gasteiger partial charge in [-0.3, -0.25) is 9.69 Å². The maximum absolute atomic E-state index is 12.8. The van der Waals surface area contributed by atoms with E-state index in [4.69, 9.17) is 9.47 Å². The monoisotopic (exact) mass is 288 g/mol. The van der Waals surface area contributed by atoms with Crippen LogP contribution in [-0.4, -0.2) is 40.9 Å². The van der Waals surface area contributed by atoms with Gasteiger partial charge in [0, 0.05) is 13.2 Å². The molecule has 0 fully saturated rings. The van der Waals surface area contributed by atoms with Crippen molar-refractivity contribution in [3.63, 3.8) is 0 Å². The van der Waals surface area contributed by atoms with Crippen molar-refractivity contribution in [1.29, 1.82) is 0 Å². The molecule has 0 saturated heterocycles. The number of pyridine rings is 1. The largest absolute Gasteiger partial charge is 0.480 e. The third kappa shape index (κ3) is 2.10. The lowest BCUT2D eigenvalue weighted by Crippen LogP contribution is -2.38. The third-order valence-corrected chi connectivity index (χ3v) is 3.40. The molecule has 0 bridgehead atoms. The van der Waals surface area contributed by atoms with Crippen molar-refractivity contribution >= 4 is 11.6 Å². The fourth-order valence-electron chi connectivity index (χ4n) is 2.51. The molecule has 3 rings (SSSR count). The van der Waals surface area contributed by atoms with E-state index in [1.807, 2.05) is 6.92 Å². The number of nitrogens with zero attached hydrogens (tertiary/aromatic N) is 4. The molecule has 1 aliphatic rings. The van der Waals surface area contributed by atoms with Crippen molar-refractivity contribution in [2.45, 2.75) is 6.92 Å². The van der Waals surface area contributed by atoms with Crippen molar-refractivity contribution in [3.05, 3.63) is 29.6 Å². The predicted molar refractivity (Wildman–Crippen MR) is 75.9 cm³/mol. The van der Waals surface area contributed by atoms with Crippen molar-refractivity contribution in [3.8, 4) is 11.8 Å². The molecule has 2 aromatic rings. The van der Waals surface area contributed by atoms with Crippen LogP contribution in [0.1, 0.15) is 16.1 Å². The summed E-state index contributed by atoms with van der Waals surface area (Å²) in [5, 5.41) is 4.31. The van der Waals surface area contributed by atoms with Crippen LogP contribution < -0.4 is 14.4 Å². The van der Waals surface area contributed by atoms with Crippen LogP contribution in [0.25, 0.3) is 0 Å². The molecule has 1 aliphatic heterocycles. The highest BCUT2D eigenvalue weighted by Gasteiger charge is 2.31. The van der Waals surface area contributed by atoms with E-state index in [-0.39, 0.29) is 5.91 Å². The van der Waals surface area contributed by atoms with Gasteiger partial charge in [0.05, 0.1) is 19.3 Å². The maximum atomic E-state index is 12.8. The van der Waals surface area contributed by atoms with E-state index < -0.39 is 0 Å². The third-order valence-electron chi connectivity index (χ3n) is 3.40. The fourth-order valence-corrected chi connectivity index (χ4v) is 2.51. The van der Waals surface area contributed by atoms with E-state index in [0.717, 1.165) is 5.69 Å². The topological polar surface area (TPSA) is 69.5 Å². The molecule has 0 radical (unpaired) electrons. The maximum Gasteiger partial charge on any atom is 0.264 e. The Bertz CT molecular complexity index is 696. The molecule has 21 heavy (non-hydrogen) atoms. The van der Waals surface area contributed by atoms with Crippen molar-refractivity contribution < 1.29 is 14.3 Å². The molecule has 0 N–H and O–H groups in total. The van der Waals surface area contributed by atoms with Crippen LogP contribution in [0, 0.1) is 6.92 Å². The van der Waals surface area contributed by atoms with Gasteiger partial charge in [0.15, 0.2) is 0 Å². The average Bonchev–Trinajstić information content (AvgIpc) is 2.81. The summed E-state index contributed by atoms with van der Waals surface area (Å²) in [5.74, 6) is 0.757. The molecule has 0 atom stereocenters. The van der Waals surface area contributed by atoms with Gasteiger partial charge < -0.3 is 9.47 Å². The lowest BCUT2D eigenvalue weighted by molar-refractivity contribution is 0.0971. The van der Waals surface area contributed by atoms with Gasteiger partial charge in [0.25, 0.3) is 5.91 Å². The fraction of sp³-hybridized carbons (Fsp3) is 0.357. The van der Waals surface area contributed by atoms with Gasteiger partial charge in [0.1, 0.15) is 17.9 Å². The smallest absolute Gasteiger partial charge is 0.264 e. The van der Waals surface area contributed by atoms with E-state index in [0.29, 0.717) is 36.2 Å². The number of anilines is 1. The summed E-state index contributed by atoms with van der Waals surface area (Å²) in [5.41, 5.74) is 1.89. The summed E-state index contributed by atoms with van der Waals surface area (Å²) in [7, 11) is 3.30. The molecule has 2 aromatic heterocycles. The van der Waals surface area contributed by atoms with Crippen LogP contribution in [-0.2, 0) is 7.05 Å². The second kappa shape index (κ2) is 5.08. The lowest BCUT2D eigenvalue weighted by atomic mass is 10.2. The molecule has 0 aliphatic carbocycles. The minimum atomic E-state index is -0.166. The molecule has 3 heterocycles. The zero-order valence-corrected chi connectivity index (χ0v) is 12.2. The van der Waals surface area contributed by atoms with E-state index in [1.165, 1.54) is 7.11 Å². The minimum Gasteiger partial charge on any atom is -0.480 e. The Kier molecular flexibility index (Phi) is 3.25. The molecule has 0 unspecified atom stereocenters. The lowest BCUT2D eigenvalue weighted by Gasteiger charge is -2.28. The number of hydrogen-bond donors (Lipinski definition) is 0. The van der Waals surface area contributed by atoms with Gasteiger partial charge in [-0.1, -0.05) is 0 Å². The molecule has 0 spiro atoms. The van der Waals surface area contributed by atoms with Crippen LogP contribution in [0.3, 0.4) is 0 Å². The van der Waals surface area contributed by atoms with Gasteiger partial charge in [0.2, 0.25) is 11.8 Å². The van der Waals surface area contributed by atoms with Gasteiger partial charge >= 0.3 is 0 Å². The molecule has 0 aromatic carbocycles. The Morgan fingerprint density at radius 3 is 3.05 bits per heavy atom. The van der Waals surface area contributed by atoms with Crippen LogP contribution >= 0.6 is 0 Å². The Balaban J connectivity index is 2.04. The number of rotatable bonds is 2. The number of methoxy groups -OCH3 is 1. The van der Waals surface area contributed by atoms with Crippen LogP contribution in [0.15, 0.2) is 18.3 Å². The number of hydrogen-bond acceptors (Lipinski definition) is 5. The van der Waals surface area contributed by atoms with Gasteiger partial charge in [-0.25, -0.2) is 9.67 Å². The summed E-state index contributed by atoms with van der Waals surface area (Å²) >= 11 is 0. The Morgan fingerprint density at radius 1 is 1.48 bits per heavy atom. The first kappa shape index (κ1) is 13.4. The van der Waals surface area contributed by atoms with Crippen LogP contribution in [0.4, 0.5) is 5.69 Å². The Labute approximate surface area is 122 Å². The summed E-state index contributed by atoms with van der Waals surface area (Å²) in [6, 6.07) is 3.42. The number of fused-ring (bicyclic) bond motifs is 1. The molecule has 0 saturated carbocycles. The van der Waals surface area contributed by atoms with Gasteiger partial charge in [-0.15, -0.1) is 0 Å². The molecule has 1 amide bonds. The molecule has 110 valence electrons. The van der Waals surface area contributed by atoms with Crippen molar-refractivity contribution in [2.24, 2.45) is 7.05 Å². The number of carbonyl (C=O) groups is 1. The van der Waals surface area contributed by atoms with E-state index in [1.54, 1.807) is 35.0 Å². The average molecular weight is 288 g/mol. The molecule has 7 nitrogen and oxygen atoms in total. The molecule has 7 heteroatoms. The van der Waals surface area contributed by atoms with Crippen LogP contribution in [0.2, 0.25) is 0 Å². The quantitative estimate of drug-likeness (QED) is 0.829. The summed E-state index contributed by atoms with van der Waals surface area (Å²) in [6.45, 7) is 2.75. The van der Waals surface area contributed by atoms with Crippen molar-refractivity contribution in [2.75, 3.05) is 25.2 Å². The highest BCUT2D eigenvalue weighted by atomic mass is 16.5. The Hall–Kier alpha value is -2.57. The summed E-state index contributed by atoms with van der Waals surface area (Å²) < 4.78 is 12.4. The second-order valence-corrected chi connectivity index (χ2v) is 4.73. The zero-order valence-electron chi connectivity index (χ0n) is 12.2. The summed E-state index contributed by atoms with van der Waals surface area (Å²) in [4.78, 5) is 18.6. The molecular weight excluding hydrogens is 272 g/mol. The normalized spacial score (nSPS) is 13.6. The second-order valence-electron chi connectivity index (χ2n) is 4.73. The van der Waals surface area contributed by atoms with Gasteiger partial charge in [-0.2, -0.15) is 5.10 Å². The highest BCUT2D eigenvalue weighted by Crippen LogP contribution is 2.35. The van der Waals surface area contributed by atoms with E-state index >= 15 is 0 Å². The summed E-state index contributed by atoms with van der Waals surface area (Å²) in [6.07, 6.45) is 1.59. The number of aromatic nitrogens is 3. The first-order chi connectivity index (χ1) is 10.1. The van der Waals surface area contributed by atoms with E-state index in [2.05, 4.69) is 10.1 Å².